The van der Waals surface area contributed by atoms with E-state index in [-0.39, 0.29) is 23.8 Å². The zero-order valence-electron chi connectivity index (χ0n) is 11.9. The molecule has 0 bridgehead atoms. The molecule has 3 N–H and O–H groups in total. The maximum Gasteiger partial charge on any atom is 0.222 e. The SMILES string of the molecule is CCCC(N)CC(=O)NC(C)c1ccc(C)c(F)c1. The fourth-order valence-electron chi connectivity index (χ4n) is 1.97. The summed E-state index contributed by atoms with van der Waals surface area (Å²) in [5.74, 6) is -0.337. The van der Waals surface area contributed by atoms with Gasteiger partial charge in [0.2, 0.25) is 5.91 Å². The fourth-order valence-corrected chi connectivity index (χ4v) is 1.97. The van der Waals surface area contributed by atoms with Gasteiger partial charge in [0.25, 0.3) is 0 Å². The highest BCUT2D eigenvalue weighted by Gasteiger charge is 2.13. The molecule has 0 saturated heterocycles. The molecule has 0 aromatic heterocycles. The lowest BCUT2D eigenvalue weighted by Crippen LogP contribution is -2.33. The molecule has 2 atom stereocenters. The van der Waals surface area contributed by atoms with Gasteiger partial charge in [0, 0.05) is 12.5 Å². The summed E-state index contributed by atoms with van der Waals surface area (Å²) in [4.78, 5) is 11.8. The molecule has 1 amide bonds. The Hall–Kier alpha value is -1.42. The fraction of sp³-hybridized carbons (Fsp3) is 0.533. The van der Waals surface area contributed by atoms with Gasteiger partial charge < -0.3 is 11.1 Å². The molecule has 4 heteroatoms. The quantitative estimate of drug-likeness (QED) is 0.832. The second-order valence-electron chi connectivity index (χ2n) is 5.05. The van der Waals surface area contributed by atoms with Crippen molar-refractivity contribution in [3.8, 4) is 0 Å². The van der Waals surface area contributed by atoms with Crippen molar-refractivity contribution in [2.24, 2.45) is 5.73 Å². The maximum absolute atomic E-state index is 13.5. The highest BCUT2D eigenvalue weighted by molar-refractivity contribution is 5.77. The lowest BCUT2D eigenvalue weighted by Gasteiger charge is -2.17. The minimum absolute atomic E-state index is 0.0885. The summed E-state index contributed by atoms with van der Waals surface area (Å²) in [6, 6.07) is 4.70. The Morgan fingerprint density at radius 3 is 2.74 bits per heavy atom. The number of aryl methyl sites for hydroxylation is 1. The van der Waals surface area contributed by atoms with Crippen molar-refractivity contribution in [3.63, 3.8) is 0 Å². The number of hydrogen-bond acceptors (Lipinski definition) is 2. The minimum atomic E-state index is -0.249. The Balaban J connectivity index is 2.56. The first-order valence-electron chi connectivity index (χ1n) is 6.75. The van der Waals surface area contributed by atoms with Crippen LogP contribution in [0.3, 0.4) is 0 Å². The average Bonchev–Trinajstić information content (AvgIpc) is 2.32. The number of nitrogens with one attached hydrogen (secondary N) is 1. The molecule has 0 heterocycles. The molecule has 3 nitrogen and oxygen atoms in total. The van der Waals surface area contributed by atoms with Gasteiger partial charge >= 0.3 is 0 Å². The Morgan fingerprint density at radius 1 is 1.47 bits per heavy atom. The van der Waals surface area contributed by atoms with Crippen LogP contribution in [0.2, 0.25) is 0 Å². The molecule has 0 fully saturated rings. The number of carbonyl (C=O) groups is 1. The van der Waals surface area contributed by atoms with Crippen LogP contribution in [0.15, 0.2) is 18.2 Å². The van der Waals surface area contributed by atoms with E-state index in [2.05, 4.69) is 5.32 Å². The zero-order chi connectivity index (χ0) is 14.4. The van der Waals surface area contributed by atoms with Crippen molar-refractivity contribution >= 4 is 5.91 Å². The summed E-state index contributed by atoms with van der Waals surface area (Å²) in [5.41, 5.74) is 7.19. The lowest BCUT2D eigenvalue weighted by molar-refractivity contribution is -0.122. The van der Waals surface area contributed by atoms with E-state index in [1.54, 1.807) is 13.0 Å². The van der Waals surface area contributed by atoms with Gasteiger partial charge in [-0.3, -0.25) is 4.79 Å². The van der Waals surface area contributed by atoms with Crippen LogP contribution in [0.5, 0.6) is 0 Å². The minimum Gasteiger partial charge on any atom is -0.350 e. The van der Waals surface area contributed by atoms with E-state index in [1.807, 2.05) is 19.9 Å². The largest absolute Gasteiger partial charge is 0.350 e. The summed E-state index contributed by atoms with van der Waals surface area (Å²) < 4.78 is 13.5. The van der Waals surface area contributed by atoms with Gasteiger partial charge in [-0.15, -0.1) is 0 Å². The first-order valence-corrected chi connectivity index (χ1v) is 6.75. The van der Waals surface area contributed by atoms with Gasteiger partial charge in [0.05, 0.1) is 6.04 Å². The second-order valence-corrected chi connectivity index (χ2v) is 5.05. The first-order chi connectivity index (χ1) is 8.93. The van der Waals surface area contributed by atoms with Gasteiger partial charge in [-0.25, -0.2) is 4.39 Å². The molecule has 1 aromatic carbocycles. The summed E-state index contributed by atoms with van der Waals surface area (Å²) >= 11 is 0. The third-order valence-electron chi connectivity index (χ3n) is 3.18. The molecular formula is C15H23FN2O. The zero-order valence-corrected chi connectivity index (χ0v) is 11.9. The Labute approximate surface area is 114 Å². The van der Waals surface area contributed by atoms with E-state index < -0.39 is 0 Å². The van der Waals surface area contributed by atoms with Crippen LogP contribution < -0.4 is 11.1 Å². The van der Waals surface area contributed by atoms with Crippen LogP contribution in [0.4, 0.5) is 4.39 Å². The Kier molecular flexibility index (Phi) is 5.96. The highest BCUT2D eigenvalue weighted by atomic mass is 19.1. The van der Waals surface area contributed by atoms with E-state index in [4.69, 9.17) is 5.73 Å². The van der Waals surface area contributed by atoms with Crippen molar-refractivity contribution in [3.05, 3.63) is 35.1 Å². The van der Waals surface area contributed by atoms with Gasteiger partial charge in [-0.05, 0) is 37.5 Å². The maximum atomic E-state index is 13.5. The monoisotopic (exact) mass is 266 g/mol. The summed E-state index contributed by atoms with van der Waals surface area (Å²) in [7, 11) is 0. The number of hydrogen-bond donors (Lipinski definition) is 2. The summed E-state index contributed by atoms with van der Waals surface area (Å²) in [6.07, 6.45) is 2.11. The second kappa shape index (κ2) is 7.24. The molecule has 0 aliphatic heterocycles. The number of benzene rings is 1. The summed E-state index contributed by atoms with van der Waals surface area (Å²) in [5, 5.41) is 2.85. The first kappa shape index (κ1) is 15.6. The van der Waals surface area contributed by atoms with Crippen LogP contribution in [0, 0.1) is 12.7 Å². The van der Waals surface area contributed by atoms with Gasteiger partial charge in [-0.2, -0.15) is 0 Å². The van der Waals surface area contributed by atoms with Crippen molar-refractivity contribution in [2.45, 2.75) is 52.1 Å². The number of nitrogens with two attached hydrogens (primary N) is 1. The van der Waals surface area contributed by atoms with Gasteiger partial charge in [0.15, 0.2) is 0 Å². The normalized spacial score (nSPS) is 13.9. The topological polar surface area (TPSA) is 55.1 Å². The van der Waals surface area contributed by atoms with E-state index in [1.165, 1.54) is 6.07 Å². The molecular weight excluding hydrogens is 243 g/mol. The molecule has 2 unspecified atom stereocenters. The Bertz CT molecular complexity index is 434. The number of carbonyl (C=O) groups excluding carboxylic acids is 1. The molecule has 0 radical (unpaired) electrons. The van der Waals surface area contributed by atoms with Crippen molar-refractivity contribution in [1.29, 1.82) is 0 Å². The highest BCUT2D eigenvalue weighted by Crippen LogP contribution is 2.16. The molecule has 1 rings (SSSR count). The predicted molar refractivity (Wildman–Crippen MR) is 75.2 cm³/mol. The van der Waals surface area contributed by atoms with E-state index >= 15 is 0 Å². The van der Waals surface area contributed by atoms with Crippen LogP contribution in [0.25, 0.3) is 0 Å². The number of halogens is 1. The third-order valence-corrected chi connectivity index (χ3v) is 3.18. The Morgan fingerprint density at radius 2 is 2.16 bits per heavy atom. The standard InChI is InChI=1S/C15H23FN2O/c1-4-5-13(17)9-15(19)18-11(3)12-7-6-10(2)14(16)8-12/h6-8,11,13H,4-5,9,17H2,1-3H3,(H,18,19). The van der Waals surface area contributed by atoms with E-state index in [0.29, 0.717) is 12.0 Å². The van der Waals surface area contributed by atoms with Crippen molar-refractivity contribution in [2.75, 3.05) is 0 Å². The number of rotatable bonds is 6. The molecule has 0 spiro atoms. The molecule has 0 saturated carbocycles. The van der Waals surface area contributed by atoms with Crippen LogP contribution in [-0.4, -0.2) is 11.9 Å². The number of amides is 1. The van der Waals surface area contributed by atoms with Gasteiger partial charge in [-0.1, -0.05) is 25.5 Å². The van der Waals surface area contributed by atoms with E-state index in [0.717, 1.165) is 18.4 Å². The predicted octanol–water partition coefficient (Wildman–Crippen LogP) is 2.83. The van der Waals surface area contributed by atoms with Crippen molar-refractivity contribution < 1.29 is 9.18 Å². The van der Waals surface area contributed by atoms with Crippen molar-refractivity contribution in [1.82, 2.24) is 5.32 Å². The van der Waals surface area contributed by atoms with Crippen LogP contribution in [0.1, 0.15) is 50.3 Å². The van der Waals surface area contributed by atoms with E-state index in [9.17, 15) is 9.18 Å². The smallest absolute Gasteiger partial charge is 0.222 e. The summed E-state index contributed by atoms with van der Waals surface area (Å²) in [6.45, 7) is 5.59. The molecule has 1 aromatic rings. The average molecular weight is 266 g/mol. The lowest BCUT2D eigenvalue weighted by atomic mass is 10.0. The van der Waals surface area contributed by atoms with Crippen LogP contribution >= 0.6 is 0 Å². The third kappa shape index (κ3) is 4.99. The molecule has 0 aliphatic carbocycles. The molecule has 0 aliphatic rings. The van der Waals surface area contributed by atoms with Gasteiger partial charge in [0.1, 0.15) is 5.82 Å². The van der Waals surface area contributed by atoms with Crippen LogP contribution in [-0.2, 0) is 4.79 Å². The molecule has 106 valence electrons. The molecule has 19 heavy (non-hydrogen) atoms.